The Labute approximate surface area is 163 Å². The Bertz CT molecular complexity index is 1070. The molecule has 6 heteroatoms. The van der Waals surface area contributed by atoms with E-state index in [-0.39, 0.29) is 5.91 Å². The molecular weight excluding hydrogens is 358 g/mol. The van der Waals surface area contributed by atoms with Gasteiger partial charge in [0.1, 0.15) is 17.1 Å². The van der Waals surface area contributed by atoms with Gasteiger partial charge in [-0.2, -0.15) is 0 Å². The highest BCUT2D eigenvalue weighted by atomic mass is 16.5. The molecule has 1 aromatic heterocycles. The van der Waals surface area contributed by atoms with E-state index in [1.54, 1.807) is 32.2 Å². The van der Waals surface area contributed by atoms with Gasteiger partial charge in [-0.3, -0.25) is 4.79 Å². The van der Waals surface area contributed by atoms with Crippen LogP contribution in [0.1, 0.15) is 25.0 Å². The minimum atomic E-state index is -0.760. The molecule has 1 unspecified atom stereocenters. The van der Waals surface area contributed by atoms with E-state index in [2.05, 4.69) is 5.32 Å². The lowest BCUT2D eigenvalue weighted by Crippen LogP contribution is -2.30. The first-order valence-corrected chi connectivity index (χ1v) is 9.10. The highest BCUT2D eigenvalue weighted by Crippen LogP contribution is 2.26. The summed E-state index contributed by atoms with van der Waals surface area (Å²) in [5.74, 6) is 0.709. The highest BCUT2D eigenvalue weighted by Gasteiger charge is 2.17. The summed E-state index contributed by atoms with van der Waals surface area (Å²) in [7, 11) is 1.55. The molecule has 28 heavy (non-hydrogen) atoms. The Morgan fingerprint density at radius 1 is 1.18 bits per heavy atom. The van der Waals surface area contributed by atoms with Crippen molar-refractivity contribution in [2.75, 3.05) is 12.4 Å². The summed E-state index contributed by atoms with van der Waals surface area (Å²) < 4.78 is 16.3. The van der Waals surface area contributed by atoms with Gasteiger partial charge in [0, 0.05) is 17.5 Å². The normalized spacial score (nSPS) is 11.9. The Hall–Kier alpha value is -3.28. The number of benzene rings is 2. The third-order valence-corrected chi connectivity index (χ3v) is 4.48. The zero-order chi connectivity index (χ0) is 20.3. The molecule has 146 valence electrons. The molecule has 0 radical (unpaired) electrons. The number of anilines is 1. The maximum Gasteiger partial charge on any atom is 0.336 e. The second-order valence-corrected chi connectivity index (χ2v) is 6.56. The van der Waals surface area contributed by atoms with Crippen molar-refractivity contribution in [3.05, 3.63) is 64.0 Å². The maximum atomic E-state index is 12.5. The molecule has 0 saturated heterocycles. The fourth-order valence-corrected chi connectivity index (χ4v) is 2.99. The van der Waals surface area contributed by atoms with E-state index in [9.17, 15) is 9.59 Å². The van der Waals surface area contributed by atoms with E-state index in [1.807, 2.05) is 32.0 Å². The molecular formula is C22H23NO5. The monoisotopic (exact) mass is 381 g/mol. The summed E-state index contributed by atoms with van der Waals surface area (Å²) >= 11 is 0. The summed E-state index contributed by atoms with van der Waals surface area (Å²) in [4.78, 5) is 24.3. The number of hydrogen-bond acceptors (Lipinski definition) is 5. The van der Waals surface area contributed by atoms with Gasteiger partial charge in [-0.1, -0.05) is 13.0 Å². The van der Waals surface area contributed by atoms with E-state index in [0.29, 0.717) is 22.8 Å². The molecule has 1 heterocycles. The molecule has 0 spiro atoms. The lowest BCUT2D eigenvalue weighted by atomic mass is 10.1. The molecule has 1 N–H and O–H groups in total. The molecule has 1 amide bonds. The molecule has 0 aliphatic heterocycles. The van der Waals surface area contributed by atoms with Crippen molar-refractivity contribution in [3.8, 4) is 11.5 Å². The second kappa shape index (κ2) is 8.17. The molecule has 1 atom stereocenters. The number of nitrogens with one attached hydrogen (secondary N) is 1. The number of amides is 1. The zero-order valence-electron chi connectivity index (χ0n) is 16.4. The van der Waals surface area contributed by atoms with Gasteiger partial charge in [-0.05, 0) is 55.7 Å². The number of carbonyl (C=O) groups excluding carboxylic acids is 1. The van der Waals surface area contributed by atoms with Gasteiger partial charge >= 0.3 is 5.63 Å². The minimum absolute atomic E-state index is 0.312. The Morgan fingerprint density at radius 2 is 1.96 bits per heavy atom. The van der Waals surface area contributed by atoms with Gasteiger partial charge in [0.05, 0.1) is 12.8 Å². The van der Waals surface area contributed by atoms with E-state index >= 15 is 0 Å². The molecule has 3 aromatic rings. The van der Waals surface area contributed by atoms with E-state index < -0.39 is 11.7 Å². The van der Waals surface area contributed by atoms with Crippen molar-refractivity contribution in [3.63, 3.8) is 0 Å². The number of fused-ring (bicyclic) bond motifs is 1. The zero-order valence-corrected chi connectivity index (χ0v) is 16.4. The predicted molar refractivity (Wildman–Crippen MR) is 108 cm³/mol. The van der Waals surface area contributed by atoms with Crippen molar-refractivity contribution >= 4 is 22.6 Å². The molecule has 6 nitrogen and oxygen atoms in total. The van der Waals surface area contributed by atoms with Crippen molar-refractivity contribution in [1.82, 2.24) is 0 Å². The van der Waals surface area contributed by atoms with Crippen LogP contribution >= 0.6 is 0 Å². The lowest BCUT2D eigenvalue weighted by Gasteiger charge is -2.17. The fourth-order valence-electron chi connectivity index (χ4n) is 2.99. The van der Waals surface area contributed by atoms with Crippen LogP contribution in [-0.2, 0) is 11.2 Å². The number of hydrogen-bond donors (Lipinski definition) is 1. The highest BCUT2D eigenvalue weighted by molar-refractivity contribution is 5.95. The Kier molecular flexibility index (Phi) is 5.68. The predicted octanol–water partition coefficient (Wildman–Crippen LogP) is 4.08. The van der Waals surface area contributed by atoms with Crippen LogP contribution in [0, 0.1) is 6.92 Å². The van der Waals surface area contributed by atoms with Gasteiger partial charge in [-0.25, -0.2) is 4.79 Å². The van der Waals surface area contributed by atoms with Gasteiger partial charge in [0.2, 0.25) is 0 Å². The van der Waals surface area contributed by atoms with Crippen LogP contribution in [0.25, 0.3) is 11.0 Å². The van der Waals surface area contributed by atoms with Gasteiger partial charge in [-0.15, -0.1) is 0 Å². The molecule has 0 aliphatic rings. The van der Waals surface area contributed by atoms with E-state index in [1.165, 1.54) is 6.07 Å². The number of methoxy groups -OCH3 is 1. The maximum absolute atomic E-state index is 12.5. The summed E-state index contributed by atoms with van der Waals surface area (Å²) in [6, 6.07) is 12.3. The van der Waals surface area contributed by atoms with Crippen LogP contribution in [0.5, 0.6) is 11.5 Å². The van der Waals surface area contributed by atoms with Crippen LogP contribution in [0.4, 0.5) is 5.69 Å². The van der Waals surface area contributed by atoms with E-state index in [0.717, 1.165) is 22.9 Å². The van der Waals surface area contributed by atoms with Crippen molar-refractivity contribution in [2.45, 2.75) is 33.3 Å². The van der Waals surface area contributed by atoms with Gasteiger partial charge < -0.3 is 19.2 Å². The SMILES string of the molecule is CCc1cc(=O)oc2cc(OC(C)C(=O)Nc3cc(C)ccc3OC)ccc12. The van der Waals surface area contributed by atoms with E-state index in [4.69, 9.17) is 13.9 Å². The minimum Gasteiger partial charge on any atom is -0.495 e. The third-order valence-electron chi connectivity index (χ3n) is 4.48. The Morgan fingerprint density at radius 3 is 2.68 bits per heavy atom. The van der Waals surface area contributed by atoms with Crippen LogP contribution in [-0.4, -0.2) is 19.1 Å². The molecule has 0 bridgehead atoms. The second-order valence-electron chi connectivity index (χ2n) is 6.56. The summed E-state index contributed by atoms with van der Waals surface area (Å²) in [5, 5.41) is 3.68. The van der Waals surface area contributed by atoms with Gasteiger partial charge in [0.25, 0.3) is 5.91 Å². The first kappa shape index (κ1) is 19.5. The average Bonchev–Trinajstić information content (AvgIpc) is 2.67. The molecule has 0 fully saturated rings. The average molecular weight is 381 g/mol. The molecule has 3 rings (SSSR count). The lowest BCUT2D eigenvalue weighted by molar-refractivity contribution is -0.122. The number of ether oxygens (including phenoxy) is 2. The smallest absolute Gasteiger partial charge is 0.336 e. The quantitative estimate of drug-likeness (QED) is 0.651. The summed E-state index contributed by atoms with van der Waals surface area (Å²) in [6.07, 6.45) is -0.0388. The standard InChI is InChI=1S/C22H23NO5/c1-5-15-11-21(24)28-20-12-16(7-8-17(15)20)27-14(3)22(25)23-18-10-13(2)6-9-19(18)26-4/h6-12,14H,5H2,1-4H3,(H,23,25). The first-order chi connectivity index (χ1) is 13.4. The number of carbonyl (C=O) groups is 1. The van der Waals surface area contributed by atoms with Crippen molar-refractivity contribution in [1.29, 1.82) is 0 Å². The Balaban J connectivity index is 1.79. The number of aryl methyl sites for hydroxylation is 2. The topological polar surface area (TPSA) is 77.8 Å². The summed E-state index contributed by atoms with van der Waals surface area (Å²) in [5.41, 5.74) is 2.53. The van der Waals surface area contributed by atoms with Crippen molar-refractivity contribution in [2.24, 2.45) is 0 Å². The van der Waals surface area contributed by atoms with Gasteiger partial charge in [0.15, 0.2) is 6.10 Å². The van der Waals surface area contributed by atoms with Crippen LogP contribution in [0.2, 0.25) is 0 Å². The number of rotatable bonds is 6. The first-order valence-electron chi connectivity index (χ1n) is 9.10. The van der Waals surface area contributed by atoms with Crippen LogP contribution < -0.4 is 20.4 Å². The van der Waals surface area contributed by atoms with Crippen molar-refractivity contribution < 1.29 is 18.7 Å². The largest absolute Gasteiger partial charge is 0.495 e. The molecule has 0 saturated carbocycles. The third kappa shape index (κ3) is 4.17. The fraction of sp³-hybridized carbons (Fsp3) is 0.273. The summed E-state index contributed by atoms with van der Waals surface area (Å²) in [6.45, 7) is 5.56. The van der Waals surface area contributed by atoms with Crippen LogP contribution in [0.15, 0.2) is 51.7 Å². The molecule has 0 aliphatic carbocycles. The van der Waals surface area contributed by atoms with Crippen LogP contribution in [0.3, 0.4) is 0 Å². The molecule has 2 aromatic carbocycles.